The molecule has 138 valence electrons. The van der Waals surface area contributed by atoms with Gasteiger partial charge in [0.1, 0.15) is 5.76 Å². The van der Waals surface area contributed by atoms with E-state index in [1.807, 2.05) is 0 Å². The molecule has 1 aliphatic carbocycles. The van der Waals surface area contributed by atoms with Crippen LogP contribution in [0.4, 0.5) is 0 Å². The van der Waals surface area contributed by atoms with Crippen molar-refractivity contribution in [2.24, 2.45) is 0 Å². The van der Waals surface area contributed by atoms with Gasteiger partial charge in [-0.1, -0.05) is 5.16 Å². The van der Waals surface area contributed by atoms with Crippen molar-refractivity contribution in [3.63, 3.8) is 0 Å². The third-order valence-corrected chi connectivity index (χ3v) is 5.77. The average Bonchev–Trinajstić information content (AvgIpc) is 3.29. The van der Waals surface area contributed by atoms with Gasteiger partial charge in [0.05, 0.1) is 5.69 Å². The highest BCUT2D eigenvalue weighted by molar-refractivity contribution is 5.85. The molecule has 0 aromatic carbocycles. The molecule has 2 aliphatic heterocycles. The summed E-state index contributed by atoms with van der Waals surface area (Å²) in [5.74, 6) is 1.77. The van der Waals surface area contributed by atoms with Crippen LogP contribution in [0.2, 0.25) is 0 Å². The Hall–Kier alpha value is -0.330. The van der Waals surface area contributed by atoms with E-state index in [9.17, 15) is 0 Å². The van der Waals surface area contributed by atoms with Crippen molar-refractivity contribution in [1.82, 2.24) is 20.3 Å². The number of hydrogen-bond acceptors (Lipinski definition) is 5. The minimum Gasteiger partial charge on any atom is -0.361 e. The first-order valence-electron chi connectivity index (χ1n) is 8.85. The van der Waals surface area contributed by atoms with Gasteiger partial charge in [-0.2, -0.15) is 0 Å². The zero-order valence-electron chi connectivity index (χ0n) is 14.5. The van der Waals surface area contributed by atoms with Gasteiger partial charge in [-0.25, -0.2) is 0 Å². The van der Waals surface area contributed by atoms with Crippen LogP contribution in [0.3, 0.4) is 0 Å². The van der Waals surface area contributed by atoms with Gasteiger partial charge in [0.15, 0.2) is 0 Å². The predicted octanol–water partition coefficient (Wildman–Crippen LogP) is 2.66. The molecule has 1 N–H and O–H groups in total. The van der Waals surface area contributed by atoms with Crippen LogP contribution >= 0.6 is 24.8 Å². The third kappa shape index (κ3) is 4.25. The van der Waals surface area contributed by atoms with E-state index in [0.717, 1.165) is 37.6 Å². The van der Waals surface area contributed by atoms with Gasteiger partial charge in [-0.05, 0) is 65.3 Å². The number of aromatic nitrogens is 1. The fourth-order valence-electron chi connectivity index (χ4n) is 4.14. The van der Waals surface area contributed by atoms with Gasteiger partial charge < -0.3 is 9.84 Å². The van der Waals surface area contributed by atoms with Crippen LogP contribution in [0.1, 0.15) is 49.5 Å². The molecule has 7 heteroatoms. The molecule has 3 aliphatic rings. The smallest absolute Gasteiger partial charge is 0.140 e. The van der Waals surface area contributed by atoms with E-state index in [-0.39, 0.29) is 24.8 Å². The van der Waals surface area contributed by atoms with Gasteiger partial charge in [0.2, 0.25) is 0 Å². The molecule has 2 saturated heterocycles. The van der Waals surface area contributed by atoms with Crippen LogP contribution in [0.25, 0.3) is 0 Å². The lowest BCUT2D eigenvalue weighted by atomic mass is 9.86. The van der Waals surface area contributed by atoms with Crippen LogP contribution in [-0.4, -0.2) is 60.3 Å². The zero-order chi connectivity index (χ0) is 15.0. The van der Waals surface area contributed by atoms with Crippen molar-refractivity contribution in [3.05, 3.63) is 17.5 Å². The topological polar surface area (TPSA) is 44.5 Å². The summed E-state index contributed by atoms with van der Waals surface area (Å²) in [5, 5.41) is 7.82. The average molecular weight is 377 g/mol. The second-order valence-electron chi connectivity index (χ2n) is 7.45. The molecule has 0 amide bonds. The lowest BCUT2D eigenvalue weighted by Crippen LogP contribution is -2.57. The molecule has 5 nitrogen and oxygen atoms in total. The van der Waals surface area contributed by atoms with E-state index in [1.54, 1.807) is 0 Å². The number of rotatable bonds is 3. The summed E-state index contributed by atoms with van der Waals surface area (Å²) in [6.07, 6.45) is 6.32. The lowest BCUT2D eigenvalue weighted by molar-refractivity contribution is 0.0631. The van der Waals surface area contributed by atoms with Crippen LogP contribution in [-0.2, 0) is 6.54 Å². The summed E-state index contributed by atoms with van der Waals surface area (Å²) in [5.41, 5.74) is 1.47. The van der Waals surface area contributed by atoms with Gasteiger partial charge >= 0.3 is 0 Å². The normalized spacial score (nSPS) is 24.9. The first-order chi connectivity index (χ1) is 10.8. The second-order valence-corrected chi connectivity index (χ2v) is 7.45. The number of piperidine rings is 1. The number of halogens is 2. The molecule has 1 aromatic rings. The maximum Gasteiger partial charge on any atom is 0.140 e. The molecule has 0 atom stereocenters. The number of hydrogen-bond donors (Lipinski definition) is 1. The third-order valence-electron chi connectivity index (χ3n) is 5.77. The lowest BCUT2D eigenvalue weighted by Gasteiger charge is -2.45. The molecule has 0 radical (unpaired) electrons. The van der Waals surface area contributed by atoms with Crippen molar-refractivity contribution in [3.8, 4) is 0 Å². The van der Waals surface area contributed by atoms with Gasteiger partial charge in [-0.3, -0.25) is 9.80 Å². The summed E-state index contributed by atoms with van der Waals surface area (Å²) >= 11 is 0. The molecular weight excluding hydrogens is 347 g/mol. The minimum atomic E-state index is 0. The van der Waals surface area contributed by atoms with E-state index >= 15 is 0 Å². The molecule has 24 heavy (non-hydrogen) atoms. The van der Waals surface area contributed by atoms with Gasteiger partial charge in [-0.15, -0.1) is 24.8 Å². The summed E-state index contributed by atoms with van der Waals surface area (Å²) in [6, 6.07) is 2.20. The van der Waals surface area contributed by atoms with Crippen molar-refractivity contribution < 1.29 is 4.52 Å². The van der Waals surface area contributed by atoms with E-state index < -0.39 is 0 Å². The molecule has 1 spiro atoms. The Labute approximate surface area is 157 Å². The standard InChI is InChI=1S/C17H28N4O.2ClH/c1-20-9-2-10-21(13-17(20)5-7-18-8-6-17)12-15-11-16(22-19-15)14-3-4-14;;/h11,14,18H,2-10,12-13H2,1H3;2*1H. The molecule has 1 aromatic heterocycles. The first-order valence-corrected chi connectivity index (χ1v) is 8.85. The minimum absolute atomic E-state index is 0. The molecule has 0 bridgehead atoms. The molecular formula is C17H30Cl2N4O. The summed E-state index contributed by atoms with van der Waals surface area (Å²) in [4.78, 5) is 5.22. The largest absolute Gasteiger partial charge is 0.361 e. The predicted molar refractivity (Wildman–Crippen MR) is 100 cm³/mol. The van der Waals surface area contributed by atoms with Crippen LogP contribution in [0.5, 0.6) is 0 Å². The maximum atomic E-state index is 5.52. The van der Waals surface area contributed by atoms with Crippen molar-refractivity contribution in [1.29, 1.82) is 0 Å². The van der Waals surface area contributed by atoms with Crippen molar-refractivity contribution >= 4 is 24.8 Å². The monoisotopic (exact) mass is 376 g/mol. The molecule has 4 rings (SSSR count). The summed E-state index contributed by atoms with van der Waals surface area (Å²) in [6.45, 7) is 6.78. The Morgan fingerprint density at radius 2 is 2.00 bits per heavy atom. The Bertz CT molecular complexity index is 514. The second kappa shape index (κ2) is 8.37. The molecule has 3 fully saturated rings. The van der Waals surface area contributed by atoms with Crippen LogP contribution in [0, 0.1) is 0 Å². The highest BCUT2D eigenvalue weighted by Gasteiger charge is 2.39. The van der Waals surface area contributed by atoms with E-state index in [1.165, 1.54) is 45.2 Å². The van der Waals surface area contributed by atoms with E-state index in [4.69, 9.17) is 4.52 Å². The van der Waals surface area contributed by atoms with Crippen molar-refractivity contribution in [2.75, 3.05) is 39.8 Å². The summed E-state index contributed by atoms with van der Waals surface area (Å²) < 4.78 is 5.52. The molecule has 3 heterocycles. The highest BCUT2D eigenvalue weighted by Crippen LogP contribution is 2.40. The van der Waals surface area contributed by atoms with E-state index in [2.05, 4.69) is 33.4 Å². The van der Waals surface area contributed by atoms with Crippen molar-refractivity contribution in [2.45, 2.75) is 50.1 Å². The maximum absolute atomic E-state index is 5.52. The zero-order valence-corrected chi connectivity index (χ0v) is 16.1. The van der Waals surface area contributed by atoms with Crippen LogP contribution < -0.4 is 5.32 Å². The van der Waals surface area contributed by atoms with Crippen LogP contribution in [0.15, 0.2) is 10.6 Å². The number of nitrogens with zero attached hydrogens (tertiary/aromatic N) is 3. The quantitative estimate of drug-likeness (QED) is 0.878. The SMILES string of the molecule is CN1CCCN(Cc2cc(C3CC3)on2)CC12CCNCC2.Cl.Cl. The Kier molecular flexibility index (Phi) is 6.97. The van der Waals surface area contributed by atoms with Gasteiger partial charge in [0.25, 0.3) is 0 Å². The van der Waals surface area contributed by atoms with E-state index in [0.29, 0.717) is 11.5 Å². The highest BCUT2D eigenvalue weighted by atomic mass is 35.5. The Morgan fingerprint density at radius 1 is 1.25 bits per heavy atom. The molecule has 0 unspecified atom stereocenters. The molecule has 1 saturated carbocycles. The number of likely N-dealkylation sites (N-methyl/N-ethyl adjacent to an activating group) is 1. The Balaban J connectivity index is 0.00000104. The first kappa shape index (κ1) is 20.0. The fraction of sp³-hybridized carbons (Fsp3) is 0.824. The summed E-state index contributed by atoms with van der Waals surface area (Å²) in [7, 11) is 2.32. The Morgan fingerprint density at radius 3 is 2.71 bits per heavy atom. The fourth-order valence-corrected chi connectivity index (χ4v) is 4.14. The van der Waals surface area contributed by atoms with Gasteiger partial charge in [0, 0.05) is 30.6 Å². The number of nitrogens with one attached hydrogen (secondary N) is 1.